The lowest BCUT2D eigenvalue weighted by Crippen LogP contribution is -2.08. The standard InChI is InChI=1S/C13H14FN3O/c1-9(10-6-11(14)8-15-7-10)17-12-4-3-5-16-13(12)18-2/h3-9,17H,1-2H3/t9-/m0/s1. The Morgan fingerprint density at radius 2 is 2.22 bits per heavy atom. The van der Waals surface area contributed by atoms with Gasteiger partial charge in [0, 0.05) is 12.4 Å². The van der Waals surface area contributed by atoms with Crippen LogP contribution in [-0.2, 0) is 0 Å². The van der Waals surface area contributed by atoms with Gasteiger partial charge in [-0.1, -0.05) is 0 Å². The molecule has 94 valence electrons. The fourth-order valence-corrected chi connectivity index (χ4v) is 1.65. The molecule has 5 heteroatoms. The van der Waals surface area contributed by atoms with E-state index >= 15 is 0 Å². The molecular formula is C13H14FN3O. The Morgan fingerprint density at radius 1 is 1.39 bits per heavy atom. The molecule has 2 rings (SSSR count). The zero-order valence-electron chi connectivity index (χ0n) is 10.2. The first-order valence-electron chi connectivity index (χ1n) is 5.56. The van der Waals surface area contributed by atoms with Gasteiger partial charge in [0.2, 0.25) is 5.88 Å². The Bertz CT molecular complexity index is 533. The van der Waals surface area contributed by atoms with E-state index in [0.29, 0.717) is 5.88 Å². The van der Waals surface area contributed by atoms with E-state index in [2.05, 4.69) is 15.3 Å². The van der Waals surface area contributed by atoms with Crippen molar-refractivity contribution < 1.29 is 9.13 Å². The highest BCUT2D eigenvalue weighted by Crippen LogP contribution is 2.25. The molecule has 1 N–H and O–H groups in total. The van der Waals surface area contributed by atoms with Crippen molar-refractivity contribution in [1.82, 2.24) is 9.97 Å². The molecule has 0 radical (unpaired) electrons. The van der Waals surface area contributed by atoms with Gasteiger partial charge >= 0.3 is 0 Å². The lowest BCUT2D eigenvalue weighted by Gasteiger charge is -2.16. The third kappa shape index (κ3) is 2.74. The lowest BCUT2D eigenvalue weighted by atomic mass is 10.1. The van der Waals surface area contributed by atoms with Gasteiger partial charge < -0.3 is 10.1 Å². The number of methoxy groups -OCH3 is 1. The highest BCUT2D eigenvalue weighted by atomic mass is 19.1. The predicted octanol–water partition coefficient (Wildman–Crippen LogP) is 2.80. The molecule has 18 heavy (non-hydrogen) atoms. The SMILES string of the molecule is COc1ncccc1N[C@@H](C)c1cncc(F)c1. The summed E-state index contributed by atoms with van der Waals surface area (Å²) in [4.78, 5) is 7.91. The minimum Gasteiger partial charge on any atom is -0.480 e. The van der Waals surface area contributed by atoms with E-state index < -0.39 is 0 Å². The Labute approximate surface area is 105 Å². The molecule has 2 heterocycles. The van der Waals surface area contributed by atoms with Crippen molar-refractivity contribution in [1.29, 1.82) is 0 Å². The van der Waals surface area contributed by atoms with Crippen LogP contribution in [0.2, 0.25) is 0 Å². The number of nitrogens with one attached hydrogen (secondary N) is 1. The second-order valence-corrected chi connectivity index (χ2v) is 3.86. The predicted molar refractivity (Wildman–Crippen MR) is 67.0 cm³/mol. The molecule has 0 spiro atoms. The van der Waals surface area contributed by atoms with Crippen molar-refractivity contribution in [2.45, 2.75) is 13.0 Å². The zero-order valence-corrected chi connectivity index (χ0v) is 10.2. The molecule has 2 aromatic heterocycles. The number of hydrogen-bond donors (Lipinski definition) is 1. The summed E-state index contributed by atoms with van der Waals surface area (Å²) in [6.45, 7) is 1.92. The van der Waals surface area contributed by atoms with Crippen molar-refractivity contribution >= 4 is 5.69 Å². The van der Waals surface area contributed by atoms with Crippen LogP contribution < -0.4 is 10.1 Å². The maximum Gasteiger partial charge on any atom is 0.237 e. The van der Waals surface area contributed by atoms with E-state index in [1.54, 1.807) is 25.6 Å². The summed E-state index contributed by atoms with van der Waals surface area (Å²) in [7, 11) is 1.56. The lowest BCUT2D eigenvalue weighted by molar-refractivity contribution is 0.399. The summed E-state index contributed by atoms with van der Waals surface area (Å²) in [5, 5.41) is 3.21. The van der Waals surface area contributed by atoms with E-state index in [4.69, 9.17) is 4.74 Å². The van der Waals surface area contributed by atoms with E-state index in [-0.39, 0.29) is 11.9 Å². The molecule has 2 aromatic rings. The third-order valence-electron chi connectivity index (χ3n) is 2.56. The zero-order chi connectivity index (χ0) is 13.0. The van der Waals surface area contributed by atoms with Crippen molar-refractivity contribution in [2.75, 3.05) is 12.4 Å². The largest absolute Gasteiger partial charge is 0.480 e. The van der Waals surface area contributed by atoms with Crippen LogP contribution in [0.5, 0.6) is 5.88 Å². The monoisotopic (exact) mass is 247 g/mol. The number of hydrogen-bond acceptors (Lipinski definition) is 4. The van der Waals surface area contributed by atoms with Crippen molar-refractivity contribution in [3.8, 4) is 5.88 Å². The molecule has 0 amide bonds. The Kier molecular flexibility index (Phi) is 3.72. The number of nitrogens with zero attached hydrogens (tertiary/aromatic N) is 2. The molecule has 0 aliphatic carbocycles. The second-order valence-electron chi connectivity index (χ2n) is 3.86. The van der Waals surface area contributed by atoms with Crippen LogP contribution >= 0.6 is 0 Å². The molecule has 1 atom stereocenters. The number of pyridine rings is 2. The van der Waals surface area contributed by atoms with Crippen LogP contribution in [0.25, 0.3) is 0 Å². The van der Waals surface area contributed by atoms with Crippen LogP contribution in [0, 0.1) is 5.82 Å². The van der Waals surface area contributed by atoms with Crippen LogP contribution in [0.15, 0.2) is 36.8 Å². The van der Waals surface area contributed by atoms with Crippen LogP contribution in [0.1, 0.15) is 18.5 Å². The molecule has 0 aromatic carbocycles. The van der Waals surface area contributed by atoms with Gasteiger partial charge in [-0.2, -0.15) is 0 Å². The molecule has 0 saturated carbocycles. The number of rotatable bonds is 4. The minimum atomic E-state index is -0.348. The van der Waals surface area contributed by atoms with Crippen molar-refractivity contribution in [3.05, 3.63) is 48.2 Å². The van der Waals surface area contributed by atoms with E-state index in [9.17, 15) is 4.39 Å². The van der Waals surface area contributed by atoms with Gasteiger partial charge in [0.1, 0.15) is 5.82 Å². The van der Waals surface area contributed by atoms with Gasteiger partial charge in [0.05, 0.1) is 25.0 Å². The smallest absolute Gasteiger partial charge is 0.237 e. The highest BCUT2D eigenvalue weighted by Gasteiger charge is 2.10. The number of halogens is 1. The van der Waals surface area contributed by atoms with E-state index in [1.165, 1.54) is 12.3 Å². The van der Waals surface area contributed by atoms with Crippen LogP contribution in [0.4, 0.5) is 10.1 Å². The summed E-state index contributed by atoms with van der Waals surface area (Å²) in [5.74, 6) is 0.160. The average molecular weight is 247 g/mol. The summed E-state index contributed by atoms with van der Waals surface area (Å²) in [6.07, 6.45) is 4.46. The Morgan fingerprint density at radius 3 is 2.94 bits per heavy atom. The van der Waals surface area contributed by atoms with Gasteiger partial charge in [-0.3, -0.25) is 4.98 Å². The number of anilines is 1. The fourth-order valence-electron chi connectivity index (χ4n) is 1.65. The maximum atomic E-state index is 13.1. The quantitative estimate of drug-likeness (QED) is 0.902. The second kappa shape index (κ2) is 5.44. The maximum absolute atomic E-state index is 13.1. The minimum absolute atomic E-state index is 0.0914. The Hall–Kier alpha value is -2.17. The molecule has 0 saturated heterocycles. The first kappa shape index (κ1) is 12.3. The molecule has 0 bridgehead atoms. The average Bonchev–Trinajstić information content (AvgIpc) is 2.39. The number of ether oxygens (including phenoxy) is 1. The van der Waals surface area contributed by atoms with Gasteiger partial charge in [-0.05, 0) is 30.7 Å². The van der Waals surface area contributed by atoms with Crippen LogP contribution in [0.3, 0.4) is 0 Å². The van der Waals surface area contributed by atoms with E-state index in [0.717, 1.165) is 11.3 Å². The third-order valence-corrected chi connectivity index (χ3v) is 2.56. The van der Waals surface area contributed by atoms with Gasteiger partial charge in [0.25, 0.3) is 0 Å². The fraction of sp³-hybridized carbons (Fsp3) is 0.231. The van der Waals surface area contributed by atoms with Gasteiger partial charge in [-0.15, -0.1) is 0 Å². The van der Waals surface area contributed by atoms with Crippen LogP contribution in [-0.4, -0.2) is 17.1 Å². The normalized spacial score (nSPS) is 11.9. The highest BCUT2D eigenvalue weighted by molar-refractivity contribution is 5.53. The summed E-state index contributed by atoms with van der Waals surface area (Å²) < 4.78 is 18.2. The summed E-state index contributed by atoms with van der Waals surface area (Å²) in [6, 6.07) is 5.02. The summed E-state index contributed by atoms with van der Waals surface area (Å²) in [5.41, 5.74) is 1.53. The van der Waals surface area contributed by atoms with Gasteiger partial charge in [0.15, 0.2) is 0 Å². The molecular weight excluding hydrogens is 233 g/mol. The summed E-state index contributed by atoms with van der Waals surface area (Å²) >= 11 is 0. The van der Waals surface area contributed by atoms with Gasteiger partial charge in [-0.25, -0.2) is 9.37 Å². The number of aromatic nitrogens is 2. The van der Waals surface area contributed by atoms with Crippen molar-refractivity contribution in [2.24, 2.45) is 0 Å². The topological polar surface area (TPSA) is 47.0 Å². The molecule has 0 fully saturated rings. The molecule has 0 unspecified atom stereocenters. The first-order chi connectivity index (χ1) is 8.70. The van der Waals surface area contributed by atoms with Crippen molar-refractivity contribution in [3.63, 3.8) is 0 Å². The molecule has 0 aliphatic heterocycles. The molecule has 0 aliphatic rings. The Balaban J connectivity index is 2.18. The molecule has 4 nitrogen and oxygen atoms in total. The van der Waals surface area contributed by atoms with E-state index in [1.807, 2.05) is 13.0 Å². The first-order valence-corrected chi connectivity index (χ1v) is 5.56.